The third-order valence-electron chi connectivity index (χ3n) is 5.36. The van der Waals surface area contributed by atoms with Crippen molar-refractivity contribution >= 4 is 0 Å². The van der Waals surface area contributed by atoms with Crippen molar-refractivity contribution in [3.05, 3.63) is 71.8 Å². The van der Waals surface area contributed by atoms with Gasteiger partial charge < -0.3 is 5.11 Å². The van der Waals surface area contributed by atoms with E-state index in [1.807, 2.05) is 18.2 Å². The van der Waals surface area contributed by atoms with Crippen LogP contribution >= 0.6 is 0 Å². The summed E-state index contributed by atoms with van der Waals surface area (Å²) >= 11 is 0. The molecule has 1 saturated heterocycles. The standard InChI is InChI=1S/C21H27NO/c1-3-21(23,19-12-8-5-9-13-19)20-16-22(14-17(20)2)15-18-10-6-4-7-11-18/h4-13,17,20,23H,3,14-16H2,1-2H3. The normalized spacial score (nSPS) is 24.5. The number of hydrogen-bond acceptors (Lipinski definition) is 2. The fourth-order valence-electron chi connectivity index (χ4n) is 4.07. The second kappa shape index (κ2) is 6.86. The number of rotatable bonds is 5. The minimum absolute atomic E-state index is 0.276. The van der Waals surface area contributed by atoms with E-state index >= 15 is 0 Å². The Hall–Kier alpha value is -1.64. The van der Waals surface area contributed by atoms with Gasteiger partial charge in [-0.25, -0.2) is 0 Å². The maximum atomic E-state index is 11.4. The molecule has 2 heteroatoms. The lowest BCUT2D eigenvalue weighted by molar-refractivity contribution is -0.0370. The van der Waals surface area contributed by atoms with Gasteiger partial charge in [-0.1, -0.05) is 74.5 Å². The first-order chi connectivity index (χ1) is 11.1. The number of hydrogen-bond donors (Lipinski definition) is 1. The molecule has 3 rings (SSSR count). The van der Waals surface area contributed by atoms with Crippen LogP contribution in [0.15, 0.2) is 60.7 Å². The lowest BCUT2D eigenvalue weighted by Gasteiger charge is -2.36. The molecule has 3 unspecified atom stereocenters. The quantitative estimate of drug-likeness (QED) is 0.900. The molecule has 0 bridgehead atoms. The van der Waals surface area contributed by atoms with Crippen LogP contribution in [0, 0.1) is 11.8 Å². The molecule has 0 saturated carbocycles. The number of nitrogens with zero attached hydrogens (tertiary/aromatic N) is 1. The van der Waals surface area contributed by atoms with E-state index in [1.54, 1.807) is 0 Å². The van der Waals surface area contributed by atoms with Gasteiger partial charge in [0, 0.05) is 25.6 Å². The predicted molar refractivity (Wildman–Crippen MR) is 95.0 cm³/mol. The molecule has 1 N–H and O–H groups in total. The van der Waals surface area contributed by atoms with Crippen molar-refractivity contribution in [2.24, 2.45) is 11.8 Å². The van der Waals surface area contributed by atoms with E-state index in [2.05, 4.69) is 61.2 Å². The molecular formula is C21H27NO. The molecule has 3 atom stereocenters. The molecule has 2 aromatic carbocycles. The molecule has 23 heavy (non-hydrogen) atoms. The van der Waals surface area contributed by atoms with E-state index in [-0.39, 0.29) is 5.92 Å². The Bertz CT molecular complexity index is 612. The molecule has 2 nitrogen and oxygen atoms in total. The van der Waals surface area contributed by atoms with E-state index in [9.17, 15) is 5.11 Å². The van der Waals surface area contributed by atoms with Crippen molar-refractivity contribution in [3.63, 3.8) is 0 Å². The average molecular weight is 309 g/mol. The maximum absolute atomic E-state index is 11.4. The number of likely N-dealkylation sites (tertiary alicyclic amines) is 1. The lowest BCUT2D eigenvalue weighted by atomic mass is 9.75. The molecule has 0 aromatic heterocycles. The van der Waals surface area contributed by atoms with Gasteiger partial charge in [-0.05, 0) is 23.5 Å². The van der Waals surface area contributed by atoms with Crippen LogP contribution in [-0.2, 0) is 12.1 Å². The molecule has 1 fully saturated rings. The van der Waals surface area contributed by atoms with Crippen LogP contribution in [0.2, 0.25) is 0 Å². The van der Waals surface area contributed by atoms with Crippen LogP contribution in [0.5, 0.6) is 0 Å². The van der Waals surface area contributed by atoms with Gasteiger partial charge in [0.2, 0.25) is 0 Å². The number of aliphatic hydroxyl groups is 1. The molecule has 2 aromatic rings. The van der Waals surface area contributed by atoms with Gasteiger partial charge in [-0.2, -0.15) is 0 Å². The van der Waals surface area contributed by atoms with Gasteiger partial charge in [-0.15, -0.1) is 0 Å². The van der Waals surface area contributed by atoms with Crippen molar-refractivity contribution < 1.29 is 5.11 Å². The van der Waals surface area contributed by atoms with Gasteiger partial charge in [0.05, 0.1) is 5.60 Å². The van der Waals surface area contributed by atoms with Crippen LogP contribution in [0.4, 0.5) is 0 Å². The monoisotopic (exact) mass is 309 g/mol. The zero-order valence-corrected chi connectivity index (χ0v) is 14.2. The van der Waals surface area contributed by atoms with Gasteiger partial charge in [0.1, 0.15) is 0 Å². The highest BCUT2D eigenvalue weighted by Gasteiger charge is 2.44. The second-order valence-corrected chi connectivity index (χ2v) is 6.91. The highest BCUT2D eigenvalue weighted by atomic mass is 16.3. The van der Waals surface area contributed by atoms with Crippen molar-refractivity contribution in [1.29, 1.82) is 0 Å². The zero-order chi connectivity index (χ0) is 16.3. The van der Waals surface area contributed by atoms with E-state index < -0.39 is 5.60 Å². The van der Waals surface area contributed by atoms with E-state index in [1.165, 1.54) is 5.56 Å². The average Bonchev–Trinajstić information content (AvgIpc) is 2.96. The van der Waals surface area contributed by atoms with Crippen LogP contribution < -0.4 is 0 Å². The first-order valence-corrected chi connectivity index (χ1v) is 8.67. The van der Waals surface area contributed by atoms with Gasteiger partial charge in [0.25, 0.3) is 0 Å². The Morgan fingerprint density at radius 2 is 1.61 bits per heavy atom. The third-order valence-corrected chi connectivity index (χ3v) is 5.36. The van der Waals surface area contributed by atoms with E-state index in [0.717, 1.165) is 31.6 Å². The molecule has 1 aliphatic heterocycles. The maximum Gasteiger partial charge on any atom is 0.0937 e. The summed E-state index contributed by atoms with van der Waals surface area (Å²) in [6.45, 7) is 7.35. The summed E-state index contributed by atoms with van der Waals surface area (Å²) in [6.07, 6.45) is 0.755. The fourth-order valence-corrected chi connectivity index (χ4v) is 4.07. The Balaban J connectivity index is 1.77. The van der Waals surface area contributed by atoms with Crippen LogP contribution in [-0.4, -0.2) is 23.1 Å². The second-order valence-electron chi connectivity index (χ2n) is 6.91. The van der Waals surface area contributed by atoms with E-state index in [4.69, 9.17) is 0 Å². The van der Waals surface area contributed by atoms with Crippen molar-refractivity contribution in [3.8, 4) is 0 Å². The summed E-state index contributed by atoms with van der Waals surface area (Å²) in [5.74, 6) is 0.766. The van der Waals surface area contributed by atoms with Gasteiger partial charge >= 0.3 is 0 Å². The summed E-state index contributed by atoms with van der Waals surface area (Å²) in [7, 11) is 0. The Labute approximate surface area is 139 Å². The molecular weight excluding hydrogens is 282 g/mol. The molecule has 0 amide bonds. The summed E-state index contributed by atoms with van der Waals surface area (Å²) in [5.41, 5.74) is 1.67. The smallest absolute Gasteiger partial charge is 0.0937 e. The summed E-state index contributed by atoms with van der Waals surface area (Å²) in [6, 6.07) is 20.8. The molecule has 0 spiro atoms. The van der Waals surface area contributed by atoms with Crippen molar-refractivity contribution in [1.82, 2.24) is 4.90 Å². The van der Waals surface area contributed by atoms with Crippen LogP contribution in [0.25, 0.3) is 0 Å². The molecule has 1 heterocycles. The van der Waals surface area contributed by atoms with Crippen molar-refractivity contribution in [2.45, 2.75) is 32.4 Å². The Kier molecular flexibility index (Phi) is 4.84. The van der Waals surface area contributed by atoms with E-state index in [0.29, 0.717) is 5.92 Å². The van der Waals surface area contributed by atoms with Gasteiger partial charge in [-0.3, -0.25) is 4.90 Å². The first kappa shape index (κ1) is 16.2. The highest BCUT2D eigenvalue weighted by Crippen LogP contribution is 2.41. The van der Waals surface area contributed by atoms with Gasteiger partial charge in [0.15, 0.2) is 0 Å². The van der Waals surface area contributed by atoms with Crippen LogP contribution in [0.1, 0.15) is 31.4 Å². The van der Waals surface area contributed by atoms with Crippen molar-refractivity contribution in [2.75, 3.05) is 13.1 Å². The summed E-state index contributed by atoms with van der Waals surface area (Å²) < 4.78 is 0. The zero-order valence-electron chi connectivity index (χ0n) is 14.2. The SMILES string of the molecule is CCC(O)(c1ccccc1)C1CN(Cc2ccccc2)CC1C. The number of benzene rings is 2. The molecule has 0 aliphatic carbocycles. The largest absolute Gasteiger partial charge is 0.385 e. The van der Waals surface area contributed by atoms with Crippen LogP contribution in [0.3, 0.4) is 0 Å². The highest BCUT2D eigenvalue weighted by molar-refractivity contribution is 5.24. The molecule has 122 valence electrons. The topological polar surface area (TPSA) is 23.5 Å². The minimum atomic E-state index is -0.730. The molecule has 1 aliphatic rings. The first-order valence-electron chi connectivity index (χ1n) is 8.67. The minimum Gasteiger partial charge on any atom is -0.385 e. The Morgan fingerprint density at radius 3 is 2.22 bits per heavy atom. The molecule has 0 radical (unpaired) electrons. The fraction of sp³-hybridized carbons (Fsp3) is 0.429. The third kappa shape index (κ3) is 3.34. The lowest BCUT2D eigenvalue weighted by Crippen LogP contribution is -2.38. The summed E-state index contributed by atoms with van der Waals surface area (Å²) in [5, 5.41) is 11.4. The summed E-state index contributed by atoms with van der Waals surface area (Å²) in [4.78, 5) is 2.48. The predicted octanol–water partition coefficient (Wildman–Crippen LogP) is 4.05. The Morgan fingerprint density at radius 1 is 1.00 bits per heavy atom.